The van der Waals surface area contributed by atoms with Crippen LogP contribution in [0.4, 0.5) is 0 Å². The molecule has 0 bridgehead atoms. The third kappa shape index (κ3) is 3.74. The van der Waals surface area contributed by atoms with Gasteiger partial charge in [0.15, 0.2) is 6.54 Å². The summed E-state index contributed by atoms with van der Waals surface area (Å²) in [5, 5.41) is 11.9. The van der Waals surface area contributed by atoms with Gasteiger partial charge < -0.3 is 9.80 Å². The summed E-state index contributed by atoms with van der Waals surface area (Å²) >= 11 is 5.57. The van der Waals surface area contributed by atoms with Gasteiger partial charge in [0, 0.05) is 12.1 Å². The van der Waals surface area contributed by atoms with Crippen LogP contribution in [-0.2, 0) is 4.79 Å². The van der Waals surface area contributed by atoms with E-state index >= 15 is 0 Å². The minimum absolute atomic E-state index is 0.0368. The lowest BCUT2D eigenvalue weighted by atomic mass is 9.70. The number of alkyl halides is 1. The van der Waals surface area contributed by atoms with Crippen molar-refractivity contribution in [1.82, 2.24) is 5.32 Å². The first kappa shape index (κ1) is 17.0. The van der Waals surface area contributed by atoms with Crippen molar-refractivity contribution in [3.8, 4) is 6.07 Å². The van der Waals surface area contributed by atoms with E-state index in [-0.39, 0.29) is 22.7 Å². The van der Waals surface area contributed by atoms with Crippen molar-refractivity contribution in [3.05, 3.63) is 11.8 Å². The lowest BCUT2D eigenvalue weighted by molar-refractivity contribution is -0.927. The van der Waals surface area contributed by atoms with Gasteiger partial charge in [0.05, 0.1) is 14.1 Å². The Morgan fingerprint density at radius 2 is 2.10 bits per heavy atom. The average molecular weight is 299 g/mol. The van der Waals surface area contributed by atoms with Crippen LogP contribution in [0.3, 0.4) is 0 Å². The molecule has 0 aliphatic heterocycles. The largest absolute Gasteiger partial charge is 0.329 e. The number of nitrogens with zero attached hydrogens (tertiary/aromatic N) is 2. The van der Waals surface area contributed by atoms with Crippen LogP contribution in [-0.4, -0.2) is 42.4 Å². The quantitative estimate of drug-likeness (QED) is 0.492. The number of amides is 1. The van der Waals surface area contributed by atoms with Crippen molar-refractivity contribution in [3.63, 3.8) is 0 Å². The molecule has 5 heteroatoms. The Hall–Kier alpha value is -1.05. The molecule has 0 radical (unpaired) electrons. The van der Waals surface area contributed by atoms with E-state index in [9.17, 15) is 4.79 Å². The maximum Gasteiger partial charge on any atom is 0.239 e. The molecule has 0 saturated carbocycles. The van der Waals surface area contributed by atoms with E-state index in [2.05, 4.69) is 52.3 Å². The molecule has 112 valence electrons. The number of rotatable bonds is 4. The Kier molecular flexibility index (Phi) is 4.89. The smallest absolute Gasteiger partial charge is 0.239 e. The minimum Gasteiger partial charge on any atom is -0.329 e. The number of quaternary nitrogens is 1. The van der Waals surface area contributed by atoms with Crippen LogP contribution >= 0.6 is 11.6 Å². The fraction of sp³-hybridized carbons (Fsp3) is 0.733. The van der Waals surface area contributed by atoms with E-state index in [0.29, 0.717) is 11.0 Å². The topological polar surface area (TPSA) is 52.9 Å². The highest BCUT2D eigenvalue weighted by molar-refractivity contribution is 6.27. The Morgan fingerprint density at radius 1 is 1.50 bits per heavy atom. The van der Waals surface area contributed by atoms with Gasteiger partial charge in [-0.3, -0.25) is 4.79 Å². The van der Waals surface area contributed by atoms with E-state index < -0.39 is 0 Å². The Labute approximate surface area is 127 Å². The first-order valence-electron chi connectivity index (χ1n) is 6.83. The molecular weight excluding hydrogens is 274 g/mol. The molecule has 0 spiro atoms. The number of likely N-dealkylation sites (N-methyl/N-ethyl adjacent to an activating group) is 1. The lowest BCUT2D eigenvalue weighted by Crippen LogP contribution is -2.60. The van der Waals surface area contributed by atoms with Crippen molar-refractivity contribution in [2.75, 3.05) is 26.5 Å². The summed E-state index contributed by atoms with van der Waals surface area (Å²) in [6.45, 7) is 6.97. The lowest BCUT2D eigenvalue weighted by Gasteiger charge is -2.50. The van der Waals surface area contributed by atoms with Gasteiger partial charge >= 0.3 is 0 Å². The monoisotopic (exact) mass is 298 g/mol. The number of allylic oxidation sites excluding steroid dienone is 1. The second-order valence-corrected chi connectivity index (χ2v) is 7.49. The van der Waals surface area contributed by atoms with Gasteiger partial charge in [0.2, 0.25) is 5.91 Å². The summed E-state index contributed by atoms with van der Waals surface area (Å²) in [7, 11) is 4.12. The molecule has 1 amide bonds. The predicted octanol–water partition coefficient (Wildman–Crippen LogP) is 2.40. The maximum absolute atomic E-state index is 11.5. The highest BCUT2D eigenvalue weighted by Gasteiger charge is 2.46. The average Bonchev–Trinajstić information content (AvgIpc) is 2.25. The number of nitriles is 1. The predicted molar refractivity (Wildman–Crippen MR) is 81.0 cm³/mol. The zero-order valence-corrected chi connectivity index (χ0v) is 13.8. The Bertz CT molecular complexity index is 462. The van der Waals surface area contributed by atoms with Crippen LogP contribution in [0.1, 0.15) is 33.6 Å². The second kappa shape index (κ2) is 5.75. The van der Waals surface area contributed by atoms with Crippen molar-refractivity contribution in [2.45, 2.75) is 39.2 Å². The summed E-state index contributed by atoms with van der Waals surface area (Å²) in [5.74, 6) is -0.214. The zero-order chi connectivity index (χ0) is 15.6. The summed E-state index contributed by atoms with van der Waals surface area (Å²) in [4.78, 5) is 11.5. The van der Waals surface area contributed by atoms with Crippen LogP contribution in [0.2, 0.25) is 0 Å². The fourth-order valence-corrected chi connectivity index (χ4v) is 3.13. The van der Waals surface area contributed by atoms with Crippen molar-refractivity contribution >= 4 is 17.5 Å². The molecule has 1 unspecified atom stereocenters. The number of hydrogen-bond acceptors (Lipinski definition) is 2. The first-order valence-corrected chi connectivity index (χ1v) is 7.36. The molecular formula is C15H25ClN3O+. The van der Waals surface area contributed by atoms with Gasteiger partial charge in [-0.25, -0.2) is 0 Å². The van der Waals surface area contributed by atoms with Crippen molar-refractivity contribution in [1.29, 1.82) is 5.26 Å². The molecule has 0 aromatic carbocycles. The summed E-state index contributed by atoms with van der Waals surface area (Å²) < 4.78 is 0.577. The van der Waals surface area contributed by atoms with Crippen LogP contribution in [0.5, 0.6) is 0 Å². The third-order valence-electron chi connectivity index (χ3n) is 4.26. The summed E-state index contributed by atoms with van der Waals surface area (Å²) in [6, 6.07) is 2.26. The molecule has 1 rings (SSSR count). The van der Waals surface area contributed by atoms with Crippen LogP contribution < -0.4 is 5.32 Å². The van der Waals surface area contributed by atoms with Gasteiger partial charge in [-0.1, -0.05) is 13.8 Å². The van der Waals surface area contributed by atoms with Gasteiger partial charge in [0.25, 0.3) is 0 Å². The van der Waals surface area contributed by atoms with Gasteiger partial charge in [0.1, 0.15) is 17.5 Å². The van der Waals surface area contributed by atoms with Crippen LogP contribution in [0.15, 0.2) is 11.8 Å². The first-order chi connectivity index (χ1) is 9.05. The van der Waals surface area contributed by atoms with Crippen LogP contribution in [0.25, 0.3) is 0 Å². The number of carbonyl (C=O) groups excluding carboxylic acids is 1. The van der Waals surface area contributed by atoms with Gasteiger partial charge in [-0.2, -0.15) is 5.26 Å². The maximum atomic E-state index is 11.5. The van der Waals surface area contributed by atoms with E-state index in [4.69, 9.17) is 16.9 Å². The minimum atomic E-state index is -0.188. The SMILES string of the molecule is CC1(C)CC(NC(=O)CCl)=CC(C)([N+](C)(C)CC#N)C1. The third-order valence-corrected chi connectivity index (χ3v) is 4.50. The number of halogens is 1. The van der Waals surface area contributed by atoms with Crippen molar-refractivity contribution in [2.24, 2.45) is 5.41 Å². The Balaban J connectivity index is 3.14. The van der Waals surface area contributed by atoms with Crippen molar-refractivity contribution < 1.29 is 9.28 Å². The normalized spacial score (nSPS) is 25.6. The van der Waals surface area contributed by atoms with Gasteiger partial charge in [-0.15, -0.1) is 11.6 Å². The molecule has 20 heavy (non-hydrogen) atoms. The Morgan fingerprint density at radius 3 is 2.60 bits per heavy atom. The van der Waals surface area contributed by atoms with E-state index in [1.807, 2.05) is 0 Å². The number of hydrogen-bond donors (Lipinski definition) is 1. The number of carbonyl (C=O) groups is 1. The molecule has 0 aromatic heterocycles. The molecule has 4 nitrogen and oxygen atoms in total. The highest BCUT2D eigenvalue weighted by Crippen LogP contribution is 2.43. The molecule has 1 aliphatic rings. The van der Waals surface area contributed by atoms with Gasteiger partial charge in [-0.05, 0) is 24.8 Å². The van der Waals surface area contributed by atoms with Crippen LogP contribution in [0, 0.1) is 16.7 Å². The molecule has 1 N–H and O–H groups in total. The summed E-state index contributed by atoms with van der Waals surface area (Å²) in [6.07, 6.45) is 3.90. The molecule has 0 fully saturated rings. The molecule has 1 aliphatic carbocycles. The fourth-order valence-electron chi connectivity index (χ4n) is 3.06. The summed E-state index contributed by atoms with van der Waals surface area (Å²) in [5.41, 5.74) is 0.800. The van der Waals surface area contributed by atoms with E-state index in [0.717, 1.165) is 18.5 Å². The second-order valence-electron chi connectivity index (χ2n) is 7.23. The molecule has 0 saturated heterocycles. The zero-order valence-electron chi connectivity index (χ0n) is 13.1. The molecule has 1 atom stereocenters. The standard InChI is InChI=1S/C15H24ClN3O/c1-14(2)8-12(18-13(20)10-16)9-15(3,11-14)19(4,5)7-6-17/h9H,7-8,10-11H2,1-5H3/p+1. The van der Waals surface area contributed by atoms with E-state index in [1.54, 1.807) is 0 Å². The number of nitrogens with one attached hydrogen (secondary N) is 1. The highest BCUT2D eigenvalue weighted by atomic mass is 35.5. The van der Waals surface area contributed by atoms with E-state index in [1.165, 1.54) is 0 Å². The molecule has 0 aromatic rings. The molecule has 0 heterocycles.